The zero-order chi connectivity index (χ0) is 12.5. The zero-order valence-corrected chi connectivity index (χ0v) is 10.9. The fraction of sp³-hybridized carbons (Fsp3) is 0.600. The number of nitrogens with zero attached hydrogens (tertiary/aromatic N) is 1. The van der Waals surface area contributed by atoms with Gasteiger partial charge in [-0.2, -0.15) is 0 Å². The molecule has 2 heterocycles. The van der Waals surface area contributed by atoms with E-state index in [1.807, 2.05) is 0 Å². The minimum absolute atomic E-state index is 0.258. The summed E-state index contributed by atoms with van der Waals surface area (Å²) >= 11 is 0. The number of ether oxygens (including phenoxy) is 1. The average Bonchev–Trinajstić information content (AvgIpc) is 2.94. The van der Waals surface area contributed by atoms with E-state index in [2.05, 4.69) is 30.0 Å². The molecule has 0 amide bonds. The number of rotatable bonds is 3. The van der Waals surface area contributed by atoms with Crippen molar-refractivity contribution >= 4 is 0 Å². The third-order valence-electron chi connectivity index (χ3n) is 4.11. The molecule has 0 saturated carbocycles. The Hall–Kier alpha value is -1.06. The van der Waals surface area contributed by atoms with E-state index in [-0.39, 0.29) is 12.7 Å². The molecule has 1 N–H and O–H groups in total. The largest absolute Gasteiger partial charge is 0.488 e. The van der Waals surface area contributed by atoms with Gasteiger partial charge in [0.2, 0.25) is 0 Å². The molecule has 1 unspecified atom stereocenters. The van der Waals surface area contributed by atoms with Crippen molar-refractivity contribution in [2.45, 2.75) is 38.3 Å². The van der Waals surface area contributed by atoms with Crippen molar-refractivity contribution in [3.05, 3.63) is 29.3 Å². The van der Waals surface area contributed by atoms with Crippen molar-refractivity contribution < 1.29 is 9.84 Å². The maximum absolute atomic E-state index is 9.34. The number of hydrogen-bond donors (Lipinski definition) is 1. The molecule has 1 aromatic carbocycles. The Balaban J connectivity index is 1.64. The summed E-state index contributed by atoms with van der Waals surface area (Å²) in [5.41, 5.74) is 2.63. The van der Waals surface area contributed by atoms with Gasteiger partial charge in [0.1, 0.15) is 11.9 Å². The Morgan fingerprint density at radius 3 is 3.17 bits per heavy atom. The summed E-state index contributed by atoms with van der Waals surface area (Å²) in [6.07, 6.45) is 3.58. The number of aliphatic hydroxyl groups is 1. The first kappa shape index (κ1) is 12.0. The van der Waals surface area contributed by atoms with Gasteiger partial charge in [0.05, 0.1) is 6.61 Å². The summed E-state index contributed by atoms with van der Waals surface area (Å²) in [4.78, 5) is 2.38. The van der Waals surface area contributed by atoms with Crippen LogP contribution in [0.5, 0.6) is 5.75 Å². The topological polar surface area (TPSA) is 32.7 Å². The SMILES string of the molecule is Cc1ccc2c(c1)CC(CN1CCC[C@H]1CO)O2. The van der Waals surface area contributed by atoms with E-state index < -0.39 is 0 Å². The number of aryl methyl sites for hydroxylation is 1. The van der Waals surface area contributed by atoms with Gasteiger partial charge in [-0.1, -0.05) is 17.7 Å². The van der Waals surface area contributed by atoms with Crippen LogP contribution in [0.4, 0.5) is 0 Å². The van der Waals surface area contributed by atoms with Gasteiger partial charge in [0.25, 0.3) is 0 Å². The molecule has 3 nitrogen and oxygen atoms in total. The van der Waals surface area contributed by atoms with Crippen LogP contribution in [0.25, 0.3) is 0 Å². The van der Waals surface area contributed by atoms with Gasteiger partial charge in [0, 0.05) is 19.0 Å². The van der Waals surface area contributed by atoms with Crippen LogP contribution in [0.2, 0.25) is 0 Å². The highest BCUT2D eigenvalue weighted by atomic mass is 16.5. The van der Waals surface area contributed by atoms with E-state index >= 15 is 0 Å². The van der Waals surface area contributed by atoms with Gasteiger partial charge >= 0.3 is 0 Å². The van der Waals surface area contributed by atoms with E-state index in [9.17, 15) is 5.11 Å². The fourth-order valence-corrected chi connectivity index (χ4v) is 3.15. The number of hydrogen-bond acceptors (Lipinski definition) is 3. The van der Waals surface area contributed by atoms with E-state index in [1.54, 1.807) is 0 Å². The number of benzene rings is 1. The van der Waals surface area contributed by atoms with Crippen LogP contribution in [-0.2, 0) is 6.42 Å². The minimum Gasteiger partial charge on any atom is -0.488 e. The molecule has 0 bridgehead atoms. The van der Waals surface area contributed by atoms with Crippen LogP contribution in [0.15, 0.2) is 18.2 Å². The second kappa shape index (κ2) is 4.90. The molecule has 1 fully saturated rings. The predicted octanol–water partition coefficient (Wildman–Crippen LogP) is 1.76. The molecule has 0 aliphatic carbocycles. The van der Waals surface area contributed by atoms with Crippen molar-refractivity contribution in [2.24, 2.45) is 0 Å². The summed E-state index contributed by atoms with van der Waals surface area (Å²) in [5.74, 6) is 1.05. The molecule has 2 atom stereocenters. The molecular weight excluding hydrogens is 226 g/mol. The standard InChI is InChI=1S/C15H21NO2/c1-11-4-5-15-12(7-11)8-14(18-15)9-16-6-2-3-13(16)10-17/h4-5,7,13-14,17H,2-3,6,8-10H2,1H3/t13-,14?/m0/s1. The summed E-state index contributed by atoms with van der Waals surface area (Å²) in [7, 11) is 0. The second-order valence-electron chi connectivity index (χ2n) is 5.53. The smallest absolute Gasteiger partial charge is 0.123 e. The fourth-order valence-electron chi connectivity index (χ4n) is 3.15. The Morgan fingerprint density at radius 1 is 1.44 bits per heavy atom. The Kier molecular flexibility index (Phi) is 3.27. The molecule has 3 rings (SSSR count). The van der Waals surface area contributed by atoms with E-state index in [0.717, 1.165) is 31.7 Å². The first-order valence-corrected chi connectivity index (χ1v) is 6.87. The number of aliphatic hydroxyl groups excluding tert-OH is 1. The highest BCUT2D eigenvalue weighted by molar-refractivity contribution is 5.40. The molecule has 2 aliphatic rings. The van der Waals surface area contributed by atoms with Crippen LogP contribution < -0.4 is 4.74 Å². The van der Waals surface area contributed by atoms with Gasteiger partial charge in [-0.25, -0.2) is 0 Å². The van der Waals surface area contributed by atoms with Gasteiger partial charge in [-0.15, -0.1) is 0 Å². The number of likely N-dealkylation sites (tertiary alicyclic amines) is 1. The van der Waals surface area contributed by atoms with Gasteiger partial charge in [-0.05, 0) is 37.9 Å². The molecule has 2 aliphatic heterocycles. The lowest BCUT2D eigenvalue weighted by Crippen LogP contribution is -2.39. The van der Waals surface area contributed by atoms with Crippen LogP contribution in [0.1, 0.15) is 24.0 Å². The van der Waals surface area contributed by atoms with Gasteiger partial charge in [0.15, 0.2) is 0 Å². The predicted molar refractivity (Wildman–Crippen MR) is 71.0 cm³/mol. The Morgan fingerprint density at radius 2 is 2.33 bits per heavy atom. The second-order valence-corrected chi connectivity index (χ2v) is 5.53. The average molecular weight is 247 g/mol. The molecule has 3 heteroatoms. The number of fused-ring (bicyclic) bond motifs is 1. The third-order valence-corrected chi connectivity index (χ3v) is 4.11. The van der Waals surface area contributed by atoms with Crippen molar-refractivity contribution in [3.8, 4) is 5.75 Å². The van der Waals surface area contributed by atoms with Crippen LogP contribution in [0, 0.1) is 6.92 Å². The molecule has 1 aromatic rings. The van der Waals surface area contributed by atoms with Gasteiger partial charge < -0.3 is 9.84 Å². The minimum atomic E-state index is 0.258. The van der Waals surface area contributed by atoms with Crippen LogP contribution in [-0.4, -0.2) is 41.8 Å². The lowest BCUT2D eigenvalue weighted by molar-refractivity contribution is 0.109. The Bertz CT molecular complexity index is 433. The first-order valence-electron chi connectivity index (χ1n) is 6.87. The van der Waals surface area contributed by atoms with Crippen molar-refractivity contribution in [3.63, 3.8) is 0 Å². The Labute approximate surface area is 108 Å². The highest BCUT2D eigenvalue weighted by Gasteiger charge is 2.30. The summed E-state index contributed by atoms with van der Waals surface area (Å²) in [5, 5.41) is 9.34. The van der Waals surface area contributed by atoms with E-state index in [0.29, 0.717) is 6.04 Å². The molecular formula is C15H21NO2. The third kappa shape index (κ3) is 2.25. The first-order chi connectivity index (χ1) is 8.76. The summed E-state index contributed by atoms with van der Waals surface area (Å²) in [6.45, 7) is 4.44. The zero-order valence-electron chi connectivity index (χ0n) is 10.9. The van der Waals surface area contributed by atoms with Crippen molar-refractivity contribution in [2.75, 3.05) is 19.7 Å². The lowest BCUT2D eigenvalue weighted by atomic mass is 10.1. The quantitative estimate of drug-likeness (QED) is 0.883. The maximum Gasteiger partial charge on any atom is 0.123 e. The molecule has 98 valence electrons. The molecule has 0 aromatic heterocycles. The van der Waals surface area contributed by atoms with Crippen LogP contribution in [0.3, 0.4) is 0 Å². The molecule has 18 heavy (non-hydrogen) atoms. The van der Waals surface area contributed by atoms with Gasteiger partial charge in [-0.3, -0.25) is 4.90 Å². The van der Waals surface area contributed by atoms with E-state index in [4.69, 9.17) is 4.74 Å². The van der Waals surface area contributed by atoms with E-state index in [1.165, 1.54) is 17.5 Å². The molecule has 1 saturated heterocycles. The summed E-state index contributed by atoms with van der Waals surface area (Å²) in [6, 6.07) is 6.76. The molecule has 0 radical (unpaired) electrons. The summed E-state index contributed by atoms with van der Waals surface area (Å²) < 4.78 is 5.99. The molecule has 0 spiro atoms. The van der Waals surface area contributed by atoms with Crippen molar-refractivity contribution in [1.82, 2.24) is 4.90 Å². The monoisotopic (exact) mass is 247 g/mol. The van der Waals surface area contributed by atoms with Crippen molar-refractivity contribution in [1.29, 1.82) is 0 Å². The normalized spacial score (nSPS) is 27.2. The maximum atomic E-state index is 9.34. The lowest BCUT2D eigenvalue weighted by Gasteiger charge is -2.25. The highest BCUT2D eigenvalue weighted by Crippen LogP contribution is 2.30. The van der Waals surface area contributed by atoms with Crippen LogP contribution >= 0.6 is 0 Å².